The van der Waals surface area contributed by atoms with Gasteiger partial charge in [-0.15, -0.1) is 0 Å². The quantitative estimate of drug-likeness (QED) is 0.828. The Hall–Kier alpha value is -1.39. The van der Waals surface area contributed by atoms with Crippen LogP contribution in [0, 0.1) is 5.92 Å². The largest absolute Gasteiger partial charge is 0.316 e. The van der Waals surface area contributed by atoms with Crippen molar-refractivity contribution in [2.75, 3.05) is 26.2 Å². The summed E-state index contributed by atoms with van der Waals surface area (Å²) in [6, 6.07) is 6.16. The summed E-state index contributed by atoms with van der Waals surface area (Å²) in [6.07, 6.45) is 8.12. The minimum Gasteiger partial charge on any atom is -0.316 e. The summed E-state index contributed by atoms with van der Waals surface area (Å²) in [5.41, 5.74) is 2.23. The molecule has 4 nitrogen and oxygen atoms in total. The molecule has 0 aliphatic carbocycles. The van der Waals surface area contributed by atoms with Gasteiger partial charge in [-0.25, -0.2) is 4.98 Å². The van der Waals surface area contributed by atoms with Gasteiger partial charge in [0.25, 0.3) is 0 Å². The van der Waals surface area contributed by atoms with Gasteiger partial charge in [-0.1, -0.05) is 13.0 Å². The molecule has 4 heteroatoms. The number of likely N-dealkylation sites (tertiary alicyclic amines) is 1. The van der Waals surface area contributed by atoms with Crippen LogP contribution in [0.4, 0.5) is 0 Å². The summed E-state index contributed by atoms with van der Waals surface area (Å²) in [5.74, 6) is 0.794. The van der Waals surface area contributed by atoms with Crippen molar-refractivity contribution < 1.29 is 0 Å². The molecule has 2 aromatic rings. The van der Waals surface area contributed by atoms with E-state index in [1.54, 1.807) is 0 Å². The average Bonchev–Trinajstić information content (AvgIpc) is 2.90. The first-order valence-corrected chi connectivity index (χ1v) is 8.21. The molecule has 1 atom stereocenters. The molecule has 1 unspecified atom stereocenters. The highest BCUT2D eigenvalue weighted by Crippen LogP contribution is 2.18. The van der Waals surface area contributed by atoms with E-state index < -0.39 is 0 Å². The van der Waals surface area contributed by atoms with Crippen molar-refractivity contribution in [1.29, 1.82) is 0 Å². The molecule has 0 radical (unpaired) electrons. The summed E-state index contributed by atoms with van der Waals surface area (Å²) in [5, 5.41) is 3.56. The van der Waals surface area contributed by atoms with Crippen LogP contribution >= 0.6 is 0 Å². The molecule has 0 saturated carbocycles. The zero-order chi connectivity index (χ0) is 14.5. The minimum absolute atomic E-state index is 0.794. The highest BCUT2D eigenvalue weighted by molar-refractivity contribution is 5.39. The second kappa shape index (κ2) is 7.05. The maximum absolute atomic E-state index is 4.71. The van der Waals surface area contributed by atoms with Crippen molar-refractivity contribution in [2.24, 2.45) is 5.92 Å². The van der Waals surface area contributed by atoms with Crippen molar-refractivity contribution in [1.82, 2.24) is 19.6 Å². The molecule has 1 saturated heterocycles. The molecular formula is C17H26N4. The Bertz CT molecular complexity index is 530. The topological polar surface area (TPSA) is 32.6 Å². The first kappa shape index (κ1) is 14.5. The van der Waals surface area contributed by atoms with Crippen molar-refractivity contribution in [3.05, 3.63) is 36.3 Å². The lowest BCUT2D eigenvalue weighted by atomic mass is 9.98. The molecular weight excluding hydrogens is 260 g/mol. The Morgan fingerprint density at radius 2 is 2.33 bits per heavy atom. The van der Waals surface area contributed by atoms with Gasteiger partial charge in [-0.2, -0.15) is 0 Å². The van der Waals surface area contributed by atoms with Crippen LogP contribution in [0.15, 0.2) is 30.6 Å². The van der Waals surface area contributed by atoms with Crippen LogP contribution in [-0.2, 0) is 6.54 Å². The van der Waals surface area contributed by atoms with Gasteiger partial charge in [-0.3, -0.25) is 4.90 Å². The third-order valence-electron chi connectivity index (χ3n) is 4.26. The van der Waals surface area contributed by atoms with Crippen LogP contribution in [0.3, 0.4) is 0 Å². The number of piperidine rings is 1. The fourth-order valence-electron chi connectivity index (χ4n) is 3.24. The molecule has 3 rings (SSSR count). The Kier molecular flexibility index (Phi) is 4.88. The smallest absolute Gasteiger partial charge is 0.137 e. The Balaban J connectivity index is 1.56. The molecule has 114 valence electrons. The van der Waals surface area contributed by atoms with E-state index in [9.17, 15) is 0 Å². The van der Waals surface area contributed by atoms with Crippen LogP contribution in [0.1, 0.15) is 31.9 Å². The second-order valence-electron chi connectivity index (χ2n) is 6.15. The molecule has 0 aromatic carbocycles. The Labute approximate surface area is 127 Å². The van der Waals surface area contributed by atoms with E-state index in [1.165, 1.54) is 38.0 Å². The number of imidazole rings is 1. The SMILES string of the molecule is CCCNCC1CCCN(Cc2cn3ccccc3n2)C1. The standard InChI is InChI=1S/C17H26N4/c1-2-8-18-11-15-6-5-9-20(12-15)13-16-14-21-10-4-3-7-17(21)19-16/h3-4,7,10,14-15,18H,2,5-6,8-9,11-13H2,1H3. The number of nitrogens with one attached hydrogen (secondary N) is 1. The minimum atomic E-state index is 0.794. The predicted octanol–water partition coefficient (Wildman–Crippen LogP) is 2.55. The monoisotopic (exact) mass is 286 g/mol. The van der Waals surface area contributed by atoms with Gasteiger partial charge in [0, 0.05) is 25.5 Å². The van der Waals surface area contributed by atoms with Gasteiger partial charge in [0.2, 0.25) is 0 Å². The van der Waals surface area contributed by atoms with Crippen LogP contribution in [-0.4, -0.2) is 40.5 Å². The average molecular weight is 286 g/mol. The lowest BCUT2D eigenvalue weighted by Crippen LogP contribution is -2.39. The maximum atomic E-state index is 4.71. The second-order valence-corrected chi connectivity index (χ2v) is 6.15. The number of hydrogen-bond donors (Lipinski definition) is 1. The fourth-order valence-corrected chi connectivity index (χ4v) is 3.24. The van der Waals surface area contributed by atoms with E-state index in [2.05, 4.69) is 46.1 Å². The number of nitrogens with zero attached hydrogens (tertiary/aromatic N) is 3. The number of pyridine rings is 1. The summed E-state index contributed by atoms with van der Waals surface area (Å²) < 4.78 is 2.11. The summed E-state index contributed by atoms with van der Waals surface area (Å²) in [6.45, 7) is 7.91. The first-order chi connectivity index (χ1) is 10.3. The van der Waals surface area contributed by atoms with Gasteiger partial charge >= 0.3 is 0 Å². The summed E-state index contributed by atoms with van der Waals surface area (Å²) in [4.78, 5) is 7.27. The first-order valence-electron chi connectivity index (χ1n) is 8.21. The van der Waals surface area contributed by atoms with E-state index in [1.807, 2.05) is 6.07 Å². The molecule has 3 heterocycles. The Morgan fingerprint density at radius 3 is 3.19 bits per heavy atom. The maximum Gasteiger partial charge on any atom is 0.137 e. The van der Waals surface area contributed by atoms with E-state index in [-0.39, 0.29) is 0 Å². The van der Waals surface area contributed by atoms with Gasteiger partial charge in [0.1, 0.15) is 5.65 Å². The lowest BCUT2D eigenvalue weighted by molar-refractivity contribution is 0.164. The Morgan fingerprint density at radius 1 is 1.38 bits per heavy atom. The van der Waals surface area contributed by atoms with Gasteiger partial charge < -0.3 is 9.72 Å². The van der Waals surface area contributed by atoms with Crippen molar-refractivity contribution >= 4 is 5.65 Å². The van der Waals surface area contributed by atoms with Crippen molar-refractivity contribution in [3.63, 3.8) is 0 Å². The lowest BCUT2D eigenvalue weighted by Gasteiger charge is -2.32. The van der Waals surface area contributed by atoms with Crippen LogP contribution in [0.2, 0.25) is 0 Å². The number of hydrogen-bond acceptors (Lipinski definition) is 3. The van der Waals surface area contributed by atoms with Crippen molar-refractivity contribution in [2.45, 2.75) is 32.7 Å². The molecule has 2 aromatic heterocycles. The molecule has 1 aliphatic rings. The zero-order valence-corrected chi connectivity index (χ0v) is 13.0. The third kappa shape index (κ3) is 3.83. The van der Waals surface area contributed by atoms with Gasteiger partial charge in [0.15, 0.2) is 0 Å². The van der Waals surface area contributed by atoms with Crippen molar-refractivity contribution in [3.8, 4) is 0 Å². The third-order valence-corrected chi connectivity index (χ3v) is 4.26. The molecule has 1 aliphatic heterocycles. The highest BCUT2D eigenvalue weighted by Gasteiger charge is 2.20. The summed E-state index contributed by atoms with van der Waals surface area (Å²) >= 11 is 0. The molecule has 1 N–H and O–H groups in total. The van der Waals surface area contributed by atoms with E-state index >= 15 is 0 Å². The summed E-state index contributed by atoms with van der Waals surface area (Å²) in [7, 11) is 0. The molecule has 0 amide bonds. The molecule has 21 heavy (non-hydrogen) atoms. The number of fused-ring (bicyclic) bond motifs is 1. The molecule has 0 spiro atoms. The number of rotatable bonds is 6. The molecule has 1 fully saturated rings. The number of aromatic nitrogens is 2. The van der Waals surface area contributed by atoms with Gasteiger partial charge in [0.05, 0.1) is 5.69 Å². The van der Waals surface area contributed by atoms with E-state index in [0.29, 0.717) is 0 Å². The van der Waals surface area contributed by atoms with Crippen LogP contribution in [0.25, 0.3) is 5.65 Å². The zero-order valence-electron chi connectivity index (χ0n) is 13.0. The fraction of sp³-hybridized carbons (Fsp3) is 0.588. The molecule has 0 bridgehead atoms. The van der Waals surface area contributed by atoms with E-state index in [4.69, 9.17) is 4.98 Å². The predicted molar refractivity (Wildman–Crippen MR) is 86.4 cm³/mol. The normalized spacial score (nSPS) is 20.1. The van der Waals surface area contributed by atoms with Gasteiger partial charge in [-0.05, 0) is 56.9 Å². The van der Waals surface area contributed by atoms with Crippen LogP contribution in [0.5, 0.6) is 0 Å². The van der Waals surface area contributed by atoms with E-state index in [0.717, 1.165) is 31.2 Å². The van der Waals surface area contributed by atoms with Crippen LogP contribution < -0.4 is 5.32 Å². The highest BCUT2D eigenvalue weighted by atomic mass is 15.2.